The van der Waals surface area contributed by atoms with E-state index in [-0.39, 0.29) is 11.1 Å². The molecule has 1 N–H and O–H groups in total. The second kappa shape index (κ2) is 4.90. The molecule has 1 aliphatic rings. The Balaban J connectivity index is 2.00. The van der Waals surface area contributed by atoms with Crippen molar-refractivity contribution in [2.75, 3.05) is 38.7 Å². The highest BCUT2D eigenvalue weighted by molar-refractivity contribution is 6.28. The molecular formula is C9H13ClFN5. The first-order valence-corrected chi connectivity index (χ1v) is 5.41. The second-order valence-corrected chi connectivity index (χ2v) is 4.08. The van der Waals surface area contributed by atoms with E-state index < -0.39 is 5.82 Å². The van der Waals surface area contributed by atoms with Crippen LogP contribution in [0, 0.1) is 5.82 Å². The van der Waals surface area contributed by atoms with Gasteiger partial charge < -0.3 is 10.3 Å². The van der Waals surface area contributed by atoms with E-state index in [4.69, 9.17) is 11.6 Å². The Morgan fingerprint density at radius 3 is 2.75 bits per heavy atom. The molecule has 5 nitrogen and oxygen atoms in total. The van der Waals surface area contributed by atoms with Crippen molar-refractivity contribution in [1.82, 2.24) is 19.9 Å². The van der Waals surface area contributed by atoms with Gasteiger partial charge in [0.2, 0.25) is 5.28 Å². The summed E-state index contributed by atoms with van der Waals surface area (Å²) >= 11 is 5.60. The van der Waals surface area contributed by atoms with Gasteiger partial charge in [-0.2, -0.15) is 4.98 Å². The van der Waals surface area contributed by atoms with Gasteiger partial charge in [-0.15, -0.1) is 0 Å². The first-order valence-electron chi connectivity index (χ1n) is 5.03. The molecule has 7 heteroatoms. The van der Waals surface area contributed by atoms with E-state index in [1.807, 2.05) is 5.01 Å². The molecule has 0 spiro atoms. The summed E-state index contributed by atoms with van der Waals surface area (Å²) < 4.78 is 13.3. The fourth-order valence-corrected chi connectivity index (χ4v) is 1.63. The normalized spacial score (nSPS) is 18.7. The molecule has 2 rings (SSSR count). The van der Waals surface area contributed by atoms with E-state index in [0.29, 0.717) is 0 Å². The lowest BCUT2D eigenvalue weighted by molar-refractivity contribution is 0.178. The highest BCUT2D eigenvalue weighted by Gasteiger charge is 2.15. The number of nitrogens with zero attached hydrogens (tertiary/aromatic N) is 4. The molecule has 1 saturated heterocycles. The predicted octanol–water partition coefficient (Wildman–Crippen LogP) is 0.843. The third-order valence-corrected chi connectivity index (χ3v) is 2.66. The Labute approximate surface area is 98.2 Å². The second-order valence-electron chi connectivity index (χ2n) is 3.74. The zero-order chi connectivity index (χ0) is 11.5. The van der Waals surface area contributed by atoms with Crippen LogP contribution in [0.2, 0.25) is 5.28 Å². The number of piperazine rings is 1. The lowest BCUT2D eigenvalue weighted by Gasteiger charge is -2.32. The van der Waals surface area contributed by atoms with Gasteiger partial charge in [0.15, 0.2) is 11.6 Å². The van der Waals surface area contributed by atoms with Crippen molar-refractivity contribution >= 4 is 17.4 Å². The first kappa shape index (κ1) is 11.5. The molecule has 0 aliphatic carbocycles. The maximum atomic E-state index is 13.3. The Hall–Kier alpha value is -0.980. The summed E-state index contributed by atoms with van der Waals surface area (Å²) in [6, 6.07) is 0. The smallest absolute Gasteiger partial charge is 0.224 e. The Bertz CT molecular complexity index is 367. The van der Waals surface area contributed by atoms with Gasteiger partial charge in [-0.05, 0) is 18.6 Å². The van der Waals surface area contributed by atoms with E-state index >= 15 is 0 Å². The minimum atomic E-state index is -0.497. The average Bonchev–Trinajstić information content (AvgIpc) is 2.27. The highest BCUT2D eigenvalue weighted by atomic mass is 35.5. The summed E-state index contributed by atoms with van der Waals surface area (Å²) in [4.78, 5) is 9.57. The number of hydrogen-bond donors (Lipinski definition) is 1. The predicted molar refractivity (Wildman–Crippen MR) is 59.7 cm³/mol. The van der Waals surface area contributed by atoms with Crippen LogP contribution in [0.4, 0.5) is 10.2 Å². The summed E-state index contributed by atoms with van der Waals surface area (Å²) in [5, 5.41) is 1.96. The molecule has 1 aromatic rings. The van der Waals surface area contributed by atoms with Crippen molar-refractivity contribution < 1.29 is 4.39 Å². The lowest BCUT2D eigenvalue weighted by atomic mass is 10.4. The first-order chi connectivity index (χ1) is 7.65. The molecular weight excluding hydrogens is 233 g/mol. The van der Waals surface area contributed by atoms with Crippen LogP contribution in [-0.2, 0) is 0 Å². The van der Waals surface area contributed by atoms with Gasteiger partial charge in [-0.1, -0.05) is 0 Å². The zero-order valence-corrected chi connectivity index (χ0v) is 9.71. The van der Waals surface area contributed by atoms with Gasteiger partial charge in [0.25, 0.3) is 0 Å². The molecule has 2 heterocycles. The fourth-order valence-electron chi connectivity index (χ4n) is 1.49. The van der Waals surface area contributed by atoms with Gasteiger partial charge in [-0.25, -0.2) is 14.4 Å². The van der Waals surface area contributed by atoms with E-state index in [1.54, 1.807) is 0 Å². The van der Waals surface area contributed by atoms with Crippen LogP contribution in [-0.4, -0.2) is 53.1 Å². The van der Waals surface area contributed by atoms with Gasteiger partial charge in [-0.3, -0.25) is 0 Å². The molecule has 0 radical (unpaired) electrons. The van der Waals surface area contributed by atoms with Crippen LogP contribution < -0.4 is 5.43 Å². The largest absolute Gasteiger partial charge is 0.304 e. The maximum Gasteiger partial charge on any atom is 0.224 e. The molecule has 0 unspecified atom stereocenters. The molecule has 16 heavy (non-hydrogen) atoms. The number of likely N-dealkylation sites (N-methyl/N-ethyl adjacent to an activating group) is 1. The SMILES string of the molecule is CN1CCN(Nc2nc(Cl)ncc2F)CC1. The molecule has 1 aromatic heterocycles. The third kappa shape index (κ3) is 2.78. The summed E-state index contributed by atoms with van der Waals surface area (Å²) in [6.45, 7) is 3.51. The standard InChI is InChI=1S/C9H13ClFN5/c1-15-2-4-16(5-3-15)14-8-7(11)6-12-9(10)13-8/h6H,2-5H2,1H3,(H,12,13,14). The Kier molecular flexibility index (Phi) is 3.52. The third-order valence-electron chi connectivity index (χ3n) is 2.48. The van der Waals surface area contributed by atoms with E-state index in [0.717, 1.165) is 32.4 Å². The Morgan fingerprint density at radius 2 is 2.06 bits per heavy atom. The lowest BCUT2D eigenvalue weighted by Crippen LogP contribution is -2.47. The number of halogens is 2. The molecule has 1 fully saturated rings. The maximum absolute atomic E-state index is 13.3. The number of anilines is 1. The summed E-state index contributed by atoms with van der Waals surface area (Å²) in [5.74, 6) is -0.368. The summed E-state index contributed by atoms with van der Waals surface area (Å²) in [7, 11) is 2.06. The van der Waals surface area contributed by atoms with Crippen molar-refractivity contribution in [2.24, 2.45) is 0 Å². The van der Waals surface area contributed by atoms with Crippen molar-refractivity contribution in [3.8, 4) is 0 Å². The molecule has 0 aromatic carbocycles. The minimum Gasteiger partial charge on any atom is -0.304 e. The average molecular weight is 246 g/mol. The van der Waals surface area contributed by atoms with Crippen molar-refractivity contribution in [1.29, 1.82) is 0 Å². The molecule has 88 valence electrons. The number of nitrogens with one attached hydrogen (secondary N) is 1. The minimum absolute atomic E-state index is 0.0398. The van der Waals surface area contributed by atoms with Crippen LogP contribution in [0.3, 0.4) is 0 Å². The Morgan fingerprint density at radius 1 is 1.38 bits per heavy atom. The van der Waals surface area contributed by atoms with Crippen molar-refractivity contribution in [2.45, 2.75) is 0 Å². The van der Waals surface area contributed by atoms with Crippen LogP contribution in [0.5, 0.6) is 0 Å². The number of hydrogen-bond acceptors (Lipinski definition) is 5. The van der Waals surface area contributed by atoms with E-state index in [2.05, 4.69) is 27.3 Å². The van der Waals surface area contributed by atoms with Gasteiger partial charge in [0.1, 0.15) is 0 Å². The van der Waals surface area contributed by atoms with Crippen LogP contribution in [0.15, 0.2) is 6.20 Å². The number of aromatic nitrogens is 2. The molecule has 0 saturated carbocycles. The van der Waals surface area contributed by atoms with Crippen LogP contribution in [0.25, 0.3) is 0 Å². The summed E-state index contributed by atoms with van der Waals surface area (Å²) in [5.41, 5.74) is 2.91. The highest BCUT2D eigenvalue weighted by Crippen LogP contribution is 2.13. The topological polar surface area (TPSA) is 44.3 Å². The molecule has 0 atom stereocenters. The zero-order valence-electron chi connectivity index (χ0n) is 8.95. The van der Waals surface area contributed by atoms with Crippen molar-refractivity contribution in [3.05, 3.63) is 17.3 Å². The molecule has 0 bridgehead atoms. The number of rotatable bonds is 2. The van der Waals surface area contributed by atoms with E-state index in [1.165, 1.54) is 0 Å². The molecule has 0 amide bonds. The van der Waals surface area contributed by atoms with Gasteiger partial charge in [0.05, 0.1) is 6.20 Å². The van der Waals surface area contributed by atoms with Gasteiger partial charge >= 0.3 is 0 Å². The molecule has 1 aliphatic heterocycles. The quantitative estimate of drug-likeness (QED) is 0.783. The van der Waals surface area contributed by atoms with E-state index in [9.17, 15) is 4.39 Å². The van der Waals surface area contributed by atoms with Crippen LogP contribution in [0.1, 0.15) is 0 Å². The van der Waals surface area contributed by atoms with Crippen molar-refractivity contribution in [3.63, 3.8) is 0 Å². The van der Waals surface area contributed by atoms with Crippen LogP contribution >= 0.6 is 11.6 Å². The monoisotopic (exact) mass is 245 g/mol. The fraction of sp³-hybridized carbons (Fsp3) is 0.556. The van der Waals surface area contributed by atoms with Gasteiger partial charge in [0, 0.05) is 26.2 Å². The number of hydrazine groups is 1. The summed E-state index contributed by atoms with van der Waals surface area (Å²) in [6.07, 6.45) is 1.06.